The van der Waals surface area contributed by atoms with E-state index in [2.05, 4.69) is 16.6 Å². The number of nitrogens with one attached hydrogen (secondary N) is 2. The molecule has 1 rings (SSSR count). The summed E-state index contributed by atoms with van der Waals surface area (Å²) in [5.74, 6) is 2.28. The van der Waals surface area contributed by atoms with Gasteiger partial charge in [-0.05, 0) is 12.5 Å². The number of terminal acetylenes is 1. The van der Waals surface area contributed by atoms with Crippen LogP contribution in [0.5, 0.6) is 0 Å². The molecular formula is C13H16N2O. The number of hydrogen-bond acceptors (Lipinski definition) is 2. The van der Waals surface area contributed by atoms with E-state index in [9.17, 15) is 4.79 Å². The molecule has 1 aromatic carbocycles. The summed E-state index contributed by atoms with van der Waals surface area (Å²) in [6.45, 7) is 2.57. The van der Waals surface area contributed by atoms with Crippen LogP contribution in [-0.2, 0) is 4.79 Å². The first-order valence-electron chi connectivity index (χ1n) is 5.22. The molecule has 0 aliphatic heterocycles. The molecule has 0 radical (unpaired) electrons. The van der Waals surface area contributed by atoms with Gasteiger partial charge in [-0.25, -0.2) is 0 Å². The van der Waals surface area contributed by atoms with E-state index in [4.69, 9.17) is 6.42 Å². The minimum absolute atomic E-state index is 0.0827. The van der Waals surface area contributed by atoms with E-state index >= 15 is 0 Å². The van der Waals surface area contributed by atoms with Gasteiger partial charge in [0.2, 0.25) is 5.91 Å². The monoisotopic (exact) mass is 216 g/mol. The lowest BCUT2D eigenvalue weighted by molar-refractivity contribution is -0.120. The second-order valence-corrected chi connectivity index (χ2v) is 3.49. The standard InChI is InChI=1S/C13H16N2O/c1-3-9-14-13(16)10-15-11(2)12-7-5-4-6-8-12/h1,4-8,11,15H,9-10H2,2H3,(H,14,16)/t11-/m1/s1. The maximum absolute atomic E-state index is 11.3. The molecule has 0 aromatic heterocycles. The molecule has 0 saturated carbocycles. The summed E-state index contributed by atoms with van der Waals surface area (Å²) in [5, 5.41) is 5.73. The summed E-state index contributed by atoms with van der Waals surface area (Å²) in [6, 6.07) is 10.1. The first kappa shape index (κ1) is 12.3. The molecule has 0 bridgehead atoms. The summed E-state index contributed by atoms with van der Waals surface area (Å²) in [7, 11) is 0. The largest absolute Gasteiger partial charge is 0.344 e. The van der Waals surface area contributed by atoms with Crippen LogP contribution < -0.4 is 10.6 Å². The average molecular weight is 216 g/mol. The van der Waals surface area contributed by atoms with Gasteiger partial charge in [0.1, 0.15) is 0 Å². The van der Waals surface area contributed by atoms with Crippen LogP contribution in [0.3, 0.4) is 0 Å². The molecule has 0 saturated heterocycles. The third-order valence-electron chi connectivity index (χ3n) is 2.26. The van der Waals surface area contributed by atoms with E-state index in [0.29, 0.717) is 0 Å². The Labute approximate surface area is 96.2 Å². The summed E-state index contributed by atoms with van der Waals surface area (Å²) < 4.78 is 0. The van der Waals surface area contributed by atoms with Gasteiger partial charge in [0.05, 0.1) is 13.1 Å². The Bertz CT molecular complexity index is 367. The minimum atomic E-state index is -0.0827. The fourth-order valence-corrected chi connectivity index (χ4v) is 1.32. The highest BCUT2D eigenvalue weighted by atomic mass is 16.1. The van der Waals surface area contributed by atoms with Crippen molar-refractivity contribution in [2.45, 2.75) is 13.0 Å². The van der Waals surface area contributed by atoms with Crippen LogP contribution in [0.15, 0.2) is 30.3 Å². The van der Waals surface area contributed by atoms with Gasteiger partial charge >= 0.3 is 0 Å². The van der Waals surface area contributed by atoms with Crippen molar-refractivity contribution < 1.29 is 4.79 Å². The zero-order valence-electron chi connectivity index (χ0n) is 9.36. The highest BCUT2D eigenvalue weighted by molar-refractivity contribution is 5.78. The Morgan fingerprint density at radius 1 is 1.44 bits per heavy atom. The number of benzene rings is 1. The van der Waals surface area contributed by atoms with Gasteiger partial charge in [-0.15, -0.1) is 6.42 Å². The van der Waals surface area contributed by atoms with Crippen molar-refractivity contribution in [1.29, 1.82) is 0 Å². The zero-order valence-corrected chi connectivity index (χ0v) is 9.36. The zero-order chi connectivity index (χ0) is 11.8. The summed E-state index contributed by atoms with van der Waals surface area (Å²) in [4.78, 5) is 11.3. The molecule has 1 aromatic rings. The Morgan fingerprint density at radius 2 is 2.12 bits per heavy atom. The van der Waals surface area contributed by atoms with Crippen molar-refractivity contribution in [2.24, 2.45) is 0 Å². The normalized spacial score (nSPS) is 11.5. The maximum Gasteiger partial charge on any atom is 0.234 e. The topological polar surface area (TPSA) is 41.1 Å². The van der Waals surface area contributed by atoms with Gasteiger partial charge in [0, 0.05) is 6.04 Å². The van der Waals surface area contributed by atoms with Crippen LogP contribution in [0.4, 0.5) is 0 Å². The summed E-state index contributed by atoms with van der Waals surface area (Å²) in [6.07, 6.45) is 5.04. The Hall–Kier alpha value is -1.79. The highest BCUT2D eigenvalue weighted by Gasteiger charge is 2.05. The Balaban J connectivity index is 2.33. The minimum Gasteiger partial charge on any atom is -0.344 e. The Kier molecular flexibility index (Phi) is 5.10. The molecule has 0 unspecified atom stereocenters. The van der Waals surface area contributed by atoms with Crippen LogP contribution in [0.25, 0.3) is 0 Å². The SMILES string of the molecule is C#CCNC(=O)CN[C@H](C)c1ccccc1. The fourth-order valence-electron chi connectivity index (χ4n) is 1.32. The molecule has 1 amide bonds. The number of hydrogen-bond donors (Lipinski definition) is 2. The van der Waals surface area contributed by atoms with Gasteiger partial charge in [-0.2, -0.15) is 0 Å². The van der Waals surface area contributed by atoms with Crippen molar-refractivity contribution in [2.75, 3.05) is 13.1 Å². The lowest BCUT2D eigenvalue weighted by atomic mass is 10.1. The van der Waals surface area contributed by atoms with Crippen molar-refractivity contribution in [3.05, 3.63) is 35.9 Å². The van der Waals surface area contributed by atoms with Crippen molar-refractivity contribution in [3.63, 3.8) is 0 Å². The van der Waals surface area contributed by atoms with Crippen molar-refractivity contribution in [3.8, 4) is 12.3 Å². The van der Waals surface area contributed by atoms with Crippen molar-refractivity contribution >= 4 is 5.91 Å². The van der Waals surface area contributed by atoms with Gasteiger partial charge in [0.25, 0.3) is 0 Å². The van der Waals surface area contributed by atoms with Crippen LogP contribution in [-0.4, -0.2) is 19.0 Å². The molecule has 2 N–H and O–H groups in total. The average Bonchev–Trinajstić information content (AvgIpc) is 2.34. The molecule has 0 aliphatic carbocycles. The molecule has 0 fully saturated rings. The first-order chi connectivity index (χ1) is 7.74. The van der Waals surface area contributed by atoms with E-state index in [-0.39, 0.29) is 25.0 Å². The van der Waals surface area contributed by atoms with E-state index in [1.807, 2.05) is 37.3 Å². The van der Waals surface area contributed by atoms with Crippen LogP contribution in [0, 0.1) is 12.3 Å². The van der Waals surface area contributed by atoms with E-state index in [1.165, 1.54) is 0 Å². The van der Waals surface area contributed by atoms with Crippen LogP contribution in [0.1, 0.15) is 18.5 Å². The quantitative estimate of drug-likeness (QED) is 0.723. The van der Waals surface area contributed by atoms with E-state index in [1.54, 1.807) is 0 Å². The van der Waals surface area contributed by atoms with Crippen LogP contribution in [0.2, 0.25) is 0 Å². The molecule has 3 heteroatoms. The first-order valence-corrected chi connectivity index (χ1v) is 5.22. The molecule has 1 atom stereocenters. The number of carbonyl (C=O) groups is 1. The van der Waals surface area contributed by atoms with Crippen LogP contribution >= 0.6 is 0 Å². The number of rotatable bonds is 5. The van der Waals surface area contributed by atoms with Gasteiger partial charge in [-0.1, -0.05) is 36.3 Å². The Morgan fingerprint density at radius 3 is 2.75 bits per heavy atom. The van der Waals surface area contributed by atoms with Gasteiger partial charge < -0.3 is 10.6 Å². The maximum atomic E-state index is 11.3. The second kappa shape index (κ2) is 6.65. The molecule has 16 heavy (non-hydrogen) atoms. The third-order valence-corrected chi connectivity index (χ3v) is 2.26. The lowest BCUT2D eigenvalue weighted by Gasteiger charge is -2.13. The smallest absolute Gasteiger partial charge is 0.234 e. The lowest BCUT2D eigenvalue weighted by Crippen LogP contribution is -2.35. The summed E-state index contributed by atoms with van der Waals surface area (Å²) in [5.41, 5.74) is 1.16. The molecular weight excluding hydrogens is 200 g/mol. The van der Waals surface area contributed by atoms with E-state index in [0.717, 1.165) is 5.56 Å². The third kappa shape index (κ3) is 4.16. The molecule has 84 valence electrons. The van der Waals surface area contributed by atoms with Gasteiger partial charge in [-0.3, -0.25) is 4.79 Å². The predicted molar refractivity (Wildman–Crippen MR) is 64.7 cm³/mol. The molecule has 0 aliphatic rings. The molecule has 3 nitrogen and oxygen atoms in total. The second-order valence-electron chi connectivity index (χ2n) is 3.49. The number of carbonyl (C=O) groups excluding carboxylic acids is 1. The predicted octanol–water partition coefficient (Wildman–Crippen LogP) is 1.09. The number of amides is 1. The molecule has 0 spiro atoms. The van der Waals surface area contributed by atoms with Gasteiger partial charge in [0.15, 0.2) is 0 Å². The fraction of sp³-hybridized carbons (Fsp3) is 0.308. The molecule has 0 heterocycles. The highest BCUT2D eigenvalue weighted by Crippen LogP contribution is 2.10. The van der Waals surface area contributed by atoms with E-state index < -0.39 is 0 Å². The summed E-state index contributed by atoms with van der Waals surface area (Å²) >= 11 is 0. The van der Waals surface area contributed by atoms with Crippen molar-refractivity contribution in [1.82, 2.24) is 10.6 Å².